The number of nitrogens with zero attached hydrogens (tertiary/aromatic N) is 7. The summed E-state index contributed by atoms with van der Waals surface area (Å²) in [6.45, 7) is 2.71. The normalized spacial score (nSPS) is 15.0. The largest absolute Gasteiger partial charge is 0.382 e. The molecule has 4 aromatic rings. The maximum absolute atomic E-state index is 14.1. The van der Waals surface area contributed by atoms with Crippen molar-refractivity contribution in [1.82, 2.24) is 29.6 Å². The number of hydrogen-bond donors (Lipinski definition) is 1. The molecule has 9 nitrogen and oxygen atoms in total. The molecule has 0 bridgehead atoms. The second-order valence-corrected chi connectivity index (χ2v) is 9.68. The third kappa shape index (κ3) is 5.22. The third-order valence-electron chi connectivity index (χ3n) is 6.42. The predicted molar refractivity (Wildman–Crippen MR) is 134 cm³/mol. The Morgan fingerprint density at radius 3 is 2.47 bits per heavy atom. The lowest BCUT2D eigenvalue weighted by atomic mass is 10.0. The number of Topliss-reactive ketones (excluding diaryl/α,β-unsaturated/α-hetero) is 1. The molecule has 1 aromatic carbocycles. The maximum Gasteiger partial charge on any atom is 0.333 e. The molecule has 0 unspecified atom stereocenters. The van der Waals surface area contributed by atoms with Crippen LogP contribution in [0.3, 0.4) is 0 Å². The summed E-state index contributed by atoms with van der Waals surface area (Å²) in [4.78, 5) is 30.2. The van der Waals surface area contributed by atoms with Crippen molar-refractivity contribution >= 4 is 22.6 Å². The van der Waals surface area contributed by atoms with Crippen LogP contribution in [0, 0.1) is 5.82 Å². The molecular formula is C26H26F3N7O2. The first-order valence-electron chi connectivity index (χ1n) is 12.1. The van der Waals surface area contributed by atoms with Crippen molar-refractivity contribution in [3.05, 3.63) is 66.0 Å². The van der Waals surface area contributed by atoms with Crippen LogP contribution in [0.25, 0.3) is 22.3 Å². The van der Waals surface area contributed by atoms with E-state index >= 15 is 0 Å². The van der Waals surface area contributed by atoms with Crippen LogP contribution in [-0.2, 0) is 6.54 Å². The standard InChI is InChI=1S/C26H26F3N7O2/c1-26(2,38)23(37)20-11-19-21(13-30-20)32-22(17-12-31-36(15-17)25(28)29)24(33-19)35-9-7-34(8-10-35)14-16-5-3-4-6-18(16)27/h3-6,11-13,15,25,38H,7-10,14H2,1-2H3. The van der Waals surface area contributed by atoms with Crippen LogP contribution < -0.4 is 4.90 Å². The van der Waals surface area contributed by atoms with Crippen molar-refractivity contribution < 1.29 is 23.1 Å². The molecule has 3 aromatic heterocycles. The van der Waals surface area contributed by atoms with E-state index in [1.807, 2.05) is 4.90 Å². The number of ketones is 1. The summed E-state index contributed by atoms with van der Waals surface area (Å²) >= 11 is 0. The van der Waals surface area contributed by atoms with Gasteiger partial charge in [-0.1, -0.05) is 18.2 Å². The van der Waals surface area contributed by atoms with Gasteiger partial charge in [-0.25, -0.2) is 19.0 Å². The van der Waals surface area contributed by atoms with Gasteiger partial charge in [-0.3, -0.25) is 14.7 Å². The summed E-state index contributed by atoms with van der Waals surface area (Å²) < 4.78 is 41.1. The number of carbonyl (C=O) groups excluding carboxylic acids is 1. The molecule has 1 fully saturated rings. The second kappa shape index (κ2) is 10.1. The lowest BCUT2D eigenvalue weighted by molar-refractivity contribution is 0.0482. The van der Waals surface area contributed by atoms with Gasteiger partial charge in [-0.05, 0) is 26.0 Å². The number of fused-ring (bicyclic) bond motifs is 1. The molecule has 1 N–H and O–H groups in total. The first-order chi connectivity index (χ1) is 18.1. The zero-order chi connectivity index (χ0) is 27.0. The van der Waals surface area contributed by atoms with E-state index in [2.05, 4.69) is 20.0 Å². The monoisotopic (exact) mass is 525 g/mol. The van der Waals surface area contributed by atoms with Gasteiger partial charge in [0.2, 0.25) is 5.78 Å². The Hall–Kier alpha value is -3.90. The van der Waals surface area contributed by atoms with Crippen LogP contribution in [0.5, 0.6) is 0 Å². The fourth-order valence-corrected chi connectivity index (χ4v) is 4.35. The number of aromatic nitrogens is 5. The van der Waals surface area contributed by atoms with Crippen molar-refractivity contribution in [2.45, 2.75) is 32.5 Å². The fourth-order valence-electron chi connectivity index (χ4n) is 4.35. The minimum Gasteiger partial charge on any atom is -0.382 e. The van der Waals surface area contributed by atoms with E-state index in [-0.39, 0.29) is 11.5 Å². The van der Waals surface area contributed by atoms with Crippen molar-refractivity contribution in [2.24, 2.45) is 0 Å². The first-order valence-corrected chi connectivity index (χ1v) is 12.1. The third-order valence-corrected chi connectivity index (χ3v) is 6.42. The van der Waals surface area contributed by atoms with Gasteiger partial charge in [-0.15, -0.1) is 0 Å². The average molecular weight is 526 g/mol. The Bertz CT molecular complexity index is 1480. The molecule has 0 spiro atoms. The summed E-state index contributed by atoms with van der Waals surface area (Å²) in [5.74, 6) is -0.366. The number of pyridine rings is 1. The van der Waals surface area contributed by atoms with Crippen LogP contribution in [0.4, 0.5) is 19.0 Å². The highest BCUT2D eigenvalue weighted by Gasteiger charge is 2.28. The number of halogens is 3. The van der Waals surface area contributed by atoms with Crippen molar-refractivity contribution in [3.8, 4) is 11.3 Å². The molecule has 198 valence electrons. The molecule has 1 aliphatic heterocycles. The molecule has 1 saturated heterocycles. The fraction of sp³-hybridized carbons (Fsp3) is 0.346. The summed E-state index contributed by atoms with van der Waals surface area (Å²) in [5.41, 5.74) is 0.493. The molecule has 4 heterocycles. The van der Waals surface area contributed by atoms with E-state index < -0.39 is 17.9 Å². The van der Waals surface area contributed by atoms with Gasteiger partial charge in [0.1, 0.15) is 28.3 Å². The average Bonchev–Trinajstić information content (AvgIpc) is 3.39. The number of alkyl halides is 2. The van der Waals surface area contributed by atoms with Gasteiger partial charge in [0.15, 0.2) is 5.82 Å². The Kier molecular flexibility index (Phi) is 6.84. The van der Waals surface area contributed by atoms with Crippen LogP contribution in [0.15, 0.2) is 48.9 Å². The van der Waals surface area contributed by atoms with Gasteiger partial charge >= 0.3 is 6.55 Å². The van der Waals surface area contributed by atoms with Crippen molar-refractivity contribution in [1.29, 1.82) is 0 Å². The van der Waals surface area contributed by atoms with Gasteiger partial charge < -0.3 is 10.0 Å². The molecule has 0 aliphatic carbocycles. The number of benzene rings is 1. The second-order valence-electron chi connectivity index (χ2n) is 9.68. The molecule has 0 radical (unpaired) electrons. The molecular weight excluding hydrogens is 499 g/mol. The lowest BCUT2D eigenvalue weighted by Crippen LogP contribution is -2.46. The van der Waals surface area contributed by atoms with E-state index in [4.69, 9.17) is 4.98 Å². The minimum atomic E-state index is -2.81. The Morgan fingerprint density at radius 2 is 1.82 bits per heavy atom. The highest BCUT2D eigenvalue weighted by atomic mass is 19.3. The predicted octanol–water partition coefficient (Wildman–Crippen LogP) is 3.70. The molecule has 12 heteroatoms. The Balaban J connectivity index is 1.49. The van der Waals surface area contributed by atoms with E-state index in [1.54, 1.807) is 18.2 Å². The van der Waals surface area contributed by atoms with Gasteiger partial charge in [0, 0.05) is 50.0 Å². The molecule has 5 rings (SSSR count). The van der Waals surface area contributed by atoms with Crippen LogP contribution in [-0.4, -0.2) is 72.3 Å². The summed E-state index contributed by atoms with van der Waals surface area (Å²) in [5, 5.41) is 13.9. The smallest absolute Gasteiger partial charge is 0.333 e. The minimum absolute atomic E-state index is 0.0400. The van der Waals surface area contributed by atoms with E-state index in [9.17, 15) is 23.1 Å². The van der Waals surface area contributed by atoms with E-state index in [0.29, 0.717) is 71.1 Å². The Morgan fingerprint density at radius 1 is 1.08 bits per heavy atom. The molecule has 0 amide bonds. The summed E-state index contributed by atoms with van der Waals surface area (Å²) in [6, 6.07) is 8.12. The zero-order valence-electron chi connectivity index (χ0n) is 20.9. The van der Waals surface area contributed by atoms with Crippen LogP contribution in [0.2, 0.25) is 0 Å². The summed E-state index contributed by atoms with van der Waals surface area (Å²) in [6.07, 6.45) is 3.88. The van der Waals surface area contributed by atoms with Gasteiger partial charge in [0.25, 0.3) is 0 Å². The number of aliphatic hydroxyl groups is 1. The van der Waals surface area contributed by atoms with E-state index in [1.165, 1.54) is 44.6 Å². The molecule has 38 heavy (non-hydrogen) atoms. The van der Waals surface area contributed by atoms with Gasteiger partial charge in [0.05, 0.1) is 17.9 Å². The van der Waals surface area contributed by atoms with E-state index in [0.717, 1.165) is 0 Å². The number of anilines is 1. The van der Waals surface area contributed by atoms with Crippen LogP contribution in [0.1, 0.15) is 36.4 Å². The molecule has 0 saturated carbocycles. The van der Waals surface area contributed by atoms with Crippen LogP contribution >= 0.6 is 0 Å². The number of piperazine rings is 1. The highest BCUT2D eigenvalue weighted by Crippen LogP contribution is 2.31. The SMILES string of the molecule is CC(C)(O)C(=O)c1cc2nc(N3CCN(Cc4ccccc4F)CC3)c(-c3cnn(C(F)F)c3)nc2cn1. The number of rotatable bonds is 7. The zero-order valence-corrected chi connectivity index (χ0v) is 20.9. The van der Waals surface area contributed by atoms with Gasteiger partial charge in [-0.2, -0.15) is 13.9 Å². The molecule has 1 aliphatic rings. The van der Waals surface area contributed by atoms with Crippen molar-refractivity contribution in [3.63, 3.8) is 0 Å². The quantitative estimate of drug-likeness (QED) is 0.365. The lowest BCUT2D eigenvalue weighted by Gasteiger charge is -2.36. The highest BCUT2D eigenvalue weighted by molar-refractivity contribution is 6.02. The summed E-state index contributed by atoms with van der Waals surface area (Å²) in [7, 11) is 0. The number of carbonyl (C=O) groups is 1. The molecule has 0 atom stereocenters. The Labute approximate surface area is 216 Å². The first kappa shape index (κ1) is 25.7. The topological polar surface area (TPSA) is 100 Å². The van der Waals surface area contributed by atoms with Crippen molar-refractivity contribution in [2.75, 3.05) is 31.1 Å². The maximum atomic E-state index is 14.1. The number of hydrogen-bond acceptors (Lipinski definition) is 8.